The Morgan fingerprint density at radius 3 is 2.60 bits per heavy atom. The van der Waals surface area contributed by atoms with Crippen molar-refractivity contribution < 1.29 is 0 Å². The van der Waals surface area contributed by atoms with Gasteiger partial charge >= 0.3 is 0 Å². The highest BCUT2D eigenvalue weighted by Crippen LogP contribution is 2.31. The van der Waals surface area contributed by atoms with Gasteiger partial charge in [-0.05, 0) is 25.7 Å². The second-order valence-corrected chi connectivity index (χ2v) is 5.32. The van der Waals surface area contributed by atoms with Gasteiger partial charge in [0, 0.05) is 24.7 Å². The van der Waals surface area contributed by atoms with E-state index in [1.165, 1.54) is 12.8 Å². The van der Waals surface area contributed by atoms with Gasteiger partial charge in [-0.25, -0.2) is 9.97 Å². The van der Waals surface area contributed by atoms with Gasteiger partial charge in [0.15, 0.2) is 5.82 Å². The fraction of sp³-hybridized carbons (Fsp3) is 0.375. The van der Waals surface area contributed by atoms with Crippen LogP contribution in [-0.4, -0.2) is 23.1 Å². The molecule has 1 aliphatic carbocycles. The van der Waals surface area contributed by atoms with E-state index in [0.717, 1.165) is 30.4 Å². The van der Waals surface area contributed by atoms with Crippen LogP contribution in [0.4, 0.5) is 11.6 Å². The van der Waals surface area contributed by atoms with Crippen molar-refractivity contribution in [2.24, 2.45) is 5.92 Å². The summed E-state index contributed by atoms with van der Waals surface area (Å²) in [6.45, 7) is 4.17. The molecule has 0 saturated heterocycles. The van der Waals surface area contributed by atoms with E-state index in [1.54, 1.807) is 0 Å². The lowest BCUT2D eigenvalue weighted by Crippen LogP contribution is -2.26. The third-order valence-electron chi connectivity index (χ3n) is 3.65. The SMILES string of the molecule is CCN(CC1CC1)c1cc(N)nc(-c2ccccc2)n1. The van der Waals surface area contributed by atoms with Crippen LogP contribution in [0.3, 0.4) is 0 Å². The van der Waals surface area contributed by atoms with Crippen molar-refractivity contribution in [3.63, 3.8) is 0 Å². The van der Waals surface area contributed by atoms with Crippen LogP contribution in [0.15, 0.2) is 36.4 Å². The summed E-state index contributed by atoms with van der Waals surface area (Å²) in [6, 6.07) is 11.9. The Hall–Kier alpha value is -2.10. The van der Waals surface area contributed by atoms with Gasteiger partial charge in [-0.2, -0.15) is 0 Å². The fourth-order valence-corrected chi connectivity index (χ4v) is 2.33. The van der Waals surface area contributed by atoms with Crippen molar-refractivity contribution in [2.45, 2.75) is 19.8 Å². The molecule has 1 fully saturated rings. The molecule has 0 unspecified atom stereocenters. The summed E-state index contributed by atoms with van der Waals surface area (Å²) < 4.78 is 0. The van der Waals surface area contributed by atoms with Gasteiger partial charge in [-0.15, -0.1) is 0 Å². The van der Waals surface area contributed by atoms with Crippen LogP contribution in [0, 0.1) is 5.92 Å². The minimum absolute atomic E-state index is 0.531. The average molecular weight is 268 g/mol. The number of nitrogens with two attached hydrogens (primary N) is 1. The Labute approximate surface area is 119 Å². The molecule has 0 bridgehead atoms. The first-order valence-corrected chi connectivity index (χ1v) is 7.21. The standard InChI is InChI=1S/C16H20N4/c1-2-20(11-12-8-9-12)15-10-14(17)18-16(19-15)13-6-4-3-5-7-13/h3-7,10,12H,2,8-9,11H2,1H3,(H2,17,18,19). The average Bonchev–Trinajstić information content (AvgIpc) is 3.29. The number of nitrogens with zero attached hydrogens (tertiary/aromatic N) is 3. The second kappa shape index (κ2) is 5.49. The maximum absolute atomic E-state index is 5.96. The van der Waals surface area contributed by atoms with Gasteiger partial charge in [0.05, 0.1) is 0 Å². The van der Waals surface area contributed by atoms with Crippen molar-refractivity contribution in [3.8, 4) is 11.4 Å². The Balaban J connectivity index is 1.93. The van der Waals surface area contributed by atoms with E-state index in [9.17, 15) is 0 Å². The number of nitrogen functional groups attached to an aromatic ring is 1. The first kappa shape index (κ1) is 12.9. The Morgan fingerprint density at radius 2 is 1.95 bits per heavy atom. The zero-order valence-electron chi connectivity index (χ0n) is 11.8. The molecule has 0 atom stereocenters. The smallest absolute Gasteiger partial charge is 0.163 e. The van der Waals surface area contributed by atoms with E-state index in [4.69, 9.17) is 10.7 Å². The van der Waals surface area contributed by atoms with E-state index in [1.807, 2.05) is 36.4 Å². The number of hydrogen-bond donors (Lipinski definition) is 1. The molecule has 2 aromatic rings. The molecule has 3 rings (SSSR count). The minimum atomic E-state index is 0.531. The molecule has 0 amide bonds. The molecule has 1 heterocycles. The third kappa shape index (κ3) is 2.90. The first-order valence-electron chi connectivity index (χ1n) is 7.21. The van der Waals surface area contributed by atoms with Crippen molar-refractivity contribution in [1.82, 2.24) is 9.97 Å². The molecule has 1 saturated carbocycles. The molecule has 20 heavy (non-hydrogen) atoms. The van der Waals surface area contributed by atoms with Crippen molar-refractivity contribution in [3.05, 3.63) is 36.4 Å². The van der Waals surface area contributed by atoms with Crippen LogP contribution < -0.4 is 10.6 Å². The number of anilines is 2. The van der Waals surface area contributed by atoms with Gasteiger partial charge in [0.1, 0.15) is 11.6 Å². The van der Waals surface area contributed by atoms with Gasteiger partial charge in [0.25, 0.3) is 0 Å². The van der Waals surface area contributed by atoms with Crippen LogP contribution in [0.1, 0.15) is 19.8 Å². The zero-order valence-corrected chi connectivity index (χ0v) is 11.8. The predicted molar refractivity (Wildman–Crippen MR) is 82.5 cm³/mol. The van der Waals surface area contributed by atoms with Gasteiger partial charge < -0.3 is 10.6 Å². The topological polar surface area (TPSA) is 55.0 Å². The lowest BCUT2D eigenvalue weighted by molar-refractivity contribution is 0.731. The van der Waals surface area contributed by atoms with Crippen LogP contribution in [-0.2, 0) is 0 Å². The lowest BCUT2D eigenvalue weighted by Gasteiger charge is -2.22. The van der Waals surface area contributed by atoms with Crippen LogP contribution >= 0.6 is 0 Å². The normalized spacial score (nSPS) is 14.2. The summed E-state index contributed by atoms with van der Waals surface area (Å²) in [5, 5.41) is 0. The van der Waals surface area contributed by atoms with E-state index >= 15 is 0 Å². The number of hydrogen-bond acceptors (Lipinski definition) is 4. The molecule has 0 radical (unpaired) electrons. The van der Waals surface area contributed by atoms with Crippen molar-refractivity contribution >= 4 is 11.6 Å². The van der Waals surface area contributed by atoms with Crippen LogP contribution in [0.2, 0.25) is 0 Å². The monoisotopic (exact) mass is 268 g/mol. The minimum Gasteiger partial charge on any atom is -0.384 e. The highest BCUT2D eigenvalue weighted by Gasteiger charge is 2.24. The molecular formula is C16H20N4. The Bertz CT molecular complexity index is 578. The number of benzene rings is 1. The number of aromatic nitrogens is 2. The lowest BCUT2D eigenvalue weighted by atomic mass is 10.2. The molecule has 1 aromatic carbocycles. The van der Waals surface area contributed by atoms with E-state index in [0.29, 0.717) is 11.6 Å². The van der Waals surface area contributed by atoms with Gasteiger partial charge in [-0.3, -0.25) is 0 Å². The largest absolute Gasteiger partial charge is 0.384 e. The van der Waals surface area contributed by atoms with E-state index in [-0.39, 0.29) is 0 Å². The summed E-state index contributed by atoms with van der Waals surface area (Å²) in [5.74, 6) is 3.00. The molecule has 2 N–H and O–H groups in total. The summed E-state index contributed by atoms with van der Waals surface area (Å²) in [6.07, 6.45) is 2.67. The maximum Gasteiger partial charge on any atom is 0.163 e. The molecule has 0 spiro atoms. The summed E-state index contributed by atoms with van der Waals surface area (Å²) in [4.78, 5) is 11.3. The second-order valence-electron chi connectivity index (χ2n) is 5.32. The summed E-state index contributed by atoms with van der Waals surface area (Å²) in [5.41, 5.74) is 6.96. The Morgan fingerprint density at radius 1 is 1.20 bits per heavy atom. The number of rotatable bonds is 5. The maximum atomic E-state index is 5.96. The van der Waals surface area contributed by atoms with Crippen molar-refractivity contribution in [2.75, 3.05) is 23.7 Å². The highest BCUT2D eigenvalue weighted by atomic mass is 15.2. The van der Waals surface area contributed by atoms with Crippen molar-refractivity contribution in [1.29, 1.82) is 0 Å². The fourth-order valence-electron chi connectivity index (χ4n) is 2.33. The third-order valence-corrected chi connectivity index (χ3v) is 3.65. The Kier molecular flexibility index (Phi) is 3.54. The predicted octanol–water partition coefficient (Wildman–Crippen LogP) is 2.96. The molecule has 0 aliphatic heterocycles. The quantitative estimate of drug-likeness (QED) is 0.905. The summed E-state index contributed by atoms with van der Waals surface area (Å²) in [7, 11) is 0. The van der Waals surface area contributed by atoms with E-state index in [2.05, 4.69) is 16.8 Å². The molecule has 4 nitrogen and oxygen atoms in total. The molecular weight excluding hydrogens is 248 g/mol. The first-order chi connectivity index (χ1) is 9.76. The van der Waals surface area contributed by atoms with Gasteiger partial charge in [-0.1, -0.05) is 30.3 Å². The van der Waals surface area contributed by atoms with E-state index < -0.39 is 0 Å². The van der Waals surface area contributed by atoms with Crippen LogP contribution in [0.25, 0.3) is 11.4 Å². The zero-order chi connectivity index (χ0) is 13.9. The summed E-state index contributed by atoms with van der Waals surface area (Å²) >= 11 is 0. The molecule has 4 heteroatoms. The molecule has 104 valence electrons. The van der Waals surface area contributed by atoms with Gasteiger partial charge in [0.2, 0.25) is 0 Å². The highest BCUT2D eigenvalue weighted by molar-refractivity contribution is 5.60. The molecule has 1 aromatic heterocycles. The molecule has 1 aliphatic rings. The van der Waals surface area contributed by atoms with Crippen LogP contribution in [0.5, 0.6) is 0 Å².